The fourth-order valence-corrected chi connectivity index (χ4v) is 5.61. The number of carbonyl (C=O) groups excluding carboxylic acids is 1. The highest BCUT2D eigenvalue weighted by molar-refractivity contribution is 7.89. The van der Waals surface area contributed by atoms with Crippen LogP contribution in [0.4, 0.5) is 4.79 Å². The lowest BCUT2D eigenvalue weighted by Gasteiger charge is -2.42. The first kappa shape index (κ1) is 18.2. The van der Waals surface area contributed by atoms with E-state index in [-0.39, 0.29) is 18.1 Å². The number of benzene rings is 1. The van der Waals surface area contributed by atoms with E-state index in [9.17, 15) is 13.2 Å². The van der Waals surface area contributed by atoms with Gasteiger partial charge in [-0.2, -0.15) is 4.31 Å². The lowest BCUT2D eigenvalue weighted by Crippen LogP contribution is -2.54. The number of nitrogens with two attached hydrogens (primary N) is 1. The van der Waals surface area contributed by atoms with Crippen LogP contribution in [0.2, 0.25) is 0 Å². The van der Waals surface area contributed by atoms with Gasteiger partial charge in [-0.3, -0.25) is 0 Å². The number of hydrogen-bond donors (Lipinski definition) is 1. The highest BCUT2D eigenvalue weighted by atomic mass is 32.2. The number of nitrogens with zero attached hydrogens (tertiary/aromatic N) is 2. The Bertz CT molecular complexity index is 679. The molecule has 0 atom stereocenters. The summed E-state index contributed by atoms with van der Waals surface area (Å²) >= 11 is 0. The van der Waals surface area contributed by atoms with Crippen LogP contribution < -0.4 is 5.73 Å². The summed E-state index contributed by atoms with van der Waals surface area (Å²) in [5.41, 5.74) is 5.67. The molecule has 138 valence electrons. The van der Waals surface area contributed by atoms with Crippen molar-refractivity contribution in [1.82, 2.24) is 9.21 Å². The van der Waals surface area contributed by atoms with Gasteiger partial charge in [0.05, 0.1) is 4.90 Å². The normalized spacial score (nSPS) is 21.1. The minimum absolute atomic E-state index is 0.0443. The lowest BCUT2D eigenvalue weighted by atomic mass is 9.92. The summed E-state index contributed by atoms with van der Waals surface area (Å²) in [6, 6.07) is 8.42. The second kappa shape index (κ2) is 7.74. The number of amides is 2. The standard InChI is InChI=1S/C18H27N3O3S/c19-18(22)21(15-7-3-1-4-8-15)16-11-13-20(14-12-16)25(23,24)17-9-5-2-6-10-17/h2,5-6,9-10,15-16H,1,3-4,7-8,11-14H2,(H2,19,22). The highest BCUT2D eigenvalue weighted by Crippen LogP contribution is 2.29. The van der Waals surface area contributed by atoms with Crippen molar-refractivity contribution in [3.63, 3.8) is 0 Å². The number of hydrogen-bond acceptors (Lipinski definition) is 3. The van der Waals surface area contributed by atoms with E-state index < -0.39 is 10.0 Å². The van der Waals surface area contributed by atoms with Crippen LogP contribution in [0, 0.1) is 0 Å². The molecule has 1 heterocycles. The molecule has 25 heavy (non-hydrogen) atoms. The minimum Gasteiger partial charge on any atom is -0.351 e. The molecule has 6 nitrogen and oxygen atoms in total. The third kappa shape index (κ3) is 3.98. The Morgan fingerprint density at radius 3 is 2.08 bits per heavy atom. The van der Waals surface area contributed by atoms with Gasteiger partial charge < -0.3 is 10.6 Å². The molecule has 7 heteroatoms. The quantitative estimate of drug-likeness (QED) is 0.890. The second-order valence-corrected chi connectivity index (χ2v) is 8.92. The molecule has 1 aliphatic heterocycles. The molecule has 3 rings (SSSR count). The van der Waals surface area contributed by atoms with Crippen molar-refractivity contribution < 1.29 is 13.2 Å². The van der Waals surface area contributed by atoms with E-state index >= 15 is 0 Å². The van der Waals surface area contributed by atoms with Crippen LogP contribution in [0.3, 0.4) is 0 Å². The minimum atomic E-state index is -3.46. The second-order valence-electron chi connectivity index (χ2n) is 6.99. The van der Waals surface area contributed by atoms with E-state index in [4.69, 9.17) is 5.73 Å². The van der Waals surface area contributed by atoms with E-state index in [2.05, 4.69) is 0 Å². The van der Waals surface area contributed by atoms with Gasteiger partial charge >= 0.3 is 6.03 Å². The number of rotatable bonds is 4. The number of primary amides is 1. The van der Waals surface area contributed by atoms with Crippen molar-refractivity contribution in [2.24, 2.45) is 5.73 Å². The molecule has 1 saturated carbocycles. The molecule has 0 unspecified atom stereocenters. The Morgan fingerprint density at radius 2 is 1.52 bits per heavy atom. The van der Waals surface area contributed by atoms with Crippen molar-refractivity contribution in [2.75, 3.05) is 13.1 Å². The van der Waals surface area contributed by atoms with Gasteiger partial charge in [-0.05, 0) is 37.8 Å². The maximum atomic E-state index is 12.7. The van der Waals surface area contributed by atoms with Crippen LogP contribution >= 0.6 is 0 Å². The van der Waals surface area contributed by atoms with Gasteiger partial charge in [0.25, 0.3) is 0 Å². The van der Waals surface area contributed by atoms with Gasteiger partial charge in [0.2, 0.25) is 10.0 Å². The largest absolute Gasteiger partial charge is 0.351 e. The SMILES string of the molecule is NC(=O)N(C1CCCCC1)C1CCN(S(=O)(=O)c2ccccc2)CC1. The third-order valence-corrected chi connectivity index (χ3v) is 7.33. The predicted molar refractivity (Wildman–Crippen MR) is 96.5 cm³/mol. The van der Waals surface area contributed by atoms with Crippen LogP contribution in [0.25, 0.3) is 0 Å². The zero-order chi connectivity index (χ0) is 17.9. The smallest absolute Gasteiger partial charge is 0.315 e. The Labute approximate surface area is 150 Å². The van der Waals surface area contributed by atoms with Crippen molar-refractivity contribution >= 4 is 16.1 Å². The monoisotopic (exact) mass is 365 g/mol. The molecule has 2 amide bonds. The Hall–Kier alpha value is -1.60. The maximum absolute atomic E-state index is 12.7. The van der Waals surface area contributed by atoms with Crippen molar-refractivity contribution in [1.29, 1.82) is 0 Å². The molecular weight excluding hydrogens is 338 g/mol. The molecule has 1 aromatic carbocycles. The molecule has 2 fully saturated rings. The lowest BCUT2D eigenvalue weighted by molar-refractivity contribution is 0.103. The molecular formula is C18H27N3O3S. The molecule has 2 aliphatic rings. The first-order valence-electron chi connectivity index (χ1n) is 9.13. The van der Waals surface area contributed by atoms with Crippen LogP contribution in [0.15, 0.2) is 35.2 Å². The fourth-order valence-electron chi connectivity index (χ4n) is 4.12. The van der Waals surface area contributed by atoms with Gasteiger partial charge in [-0.25, -0.2) is 13.2 Å². The molecule has 0 aromatic heterocycles. The molecule has 0 spiro atoms. The van der Waals surface area contributed by atoms with Crippen molar-refractivity contribution in [2.45, 2.75) is 61.9 Å². The first-order chi connectivity index (χ1) is 12.0. The van der Waals surface area contributed by atoms with Gasteiger partial charge in [-0.15, -0.1) is 0 Å². The molecule has 2 N–H and O–H groups in total. The number of sulfonamides is 1. The fraction of sp³-hybridized carbons (Fsp3) is 0.611. The first-order valence-corrected chi connectivity index (χ1v) is 10.6. The summed E-state index contributed by atoms with van der Waals surface area (Å²) < 4.78 is 27.0. The van der Waals surface area contributed by atoms with Crippen molar-refractivity contribution in [3.05, 3.63) is 30.3 Å². The zero-order valence-electron chi connectivity index (χ0n) is 14.5. The van der Waals surface area contributed by atoms with E-state index in [1.165, 1.54) is 10.7 Å². The highest BCUT2D eigenvalue weighted by Gasteiger charge is 2.35. The average Bonchev–Trinajstić information content (AvgIpc) is 2.64. The van der Waals surface area contributed by atoms with Gasteiger partial charge in [-0.1, -0.05) is 37.5 Å². The average molecular weight is 365 g/mol. The molecule has 1 aromatic rings. The molecule has 1 saturated heterocycles. The summed E-state index contributed by atoms with van der Waals surface area (Å²) in [4.78, 5) is 14.2. The molecule has 1 aliphatic carbocycles. The molecule has 0 radical (unpaired) electrons. The van der Waals surface area contributed by atoms with Crippen LogP contribution in [-0.4, -0.2) is 48.8 Å². The third-order valence-electron chi connectivity index (χ3n) is 5.42. The van der Waals surface area contributed by atoms with E-state index in [1.54, 1.807) is 30.3 Å². The summed E-state index contributed by atoms with van der Waals surface area (Å²) in [5, 5.41) is 0. The Kier molecular flexibility index (Phi) is 5.64. The summed E-state index contributed by atoms with van der Waals surface area (Å²) in [7, 11) is -3.46. The van der Waals surface area contributed by atoms with Crippen LogP contribution in [0.1, 0.15) is 44.9 Å². The zero-order valence-corrected chi connectivity index (χ0v) is 15.3. The Balaban J connectivity index is 1.67. The Morgan fingerprint density at radius 1 is 0.960 bits per heavy atom. The summed E-state index contributed by atoms with van der Waals surface area (Å²) in [6.45, 7) is 0.858. The van der Waals surface area contributed by atoms with Gasteiger partial charge in [0.15, 0.2) is 0 Å². The maximum Gasteiger partial charge on any atom is 0.315 e. The van der Waals surface area contributed by atoms with Crippen LogP contribution in [-0.2, 0) is 10.0 Å². The number of piperidine rings is 1. The van der Waals surface area contributed by atoms with Gasteiger partial charge in [0.1, 0.15) is 0 Å². The number of urea groups is 1. The van der Waals surface area contributed by atoms with Gasteiger partial charge in [0, 0.05) is 25.2 Å². The number of carbonyl (C=O) groups is 1. The topological polar surface area (TPSA) is 83.7 Å². The van der Waals surface area contributed by atoms with E-state index in [0.717, 1.165) is 25.7 Å². The molecule has 0 bridgehead atoms. The predicted octanol–water partition coefficient (Wildman–Crippen LogP) is 2.55. The van der Waals surface area contributed by atoms with E-state index in [1.807, 2.05) is 4.90 Å². The van der Waals surface area contributed by atoms with E-state index in [0.29, 0.717) is 30.8 Å². The van der Waals surface area contributed by atoms with Crippen molar-refractivity contribution in [3.8, 4) is 0 Å². The summed E-state index contributed by atoms with van der Waals surface area (Å²) in [5.74, 6) is 0. The van der Waals surface area contributed by atoms with Crippen LogP contribution in [0.5, 0.6) is 0 Å². The summed E-state index contributed by atoms with van der Waals surface area (Å²) in [6.07, 6.45) is 6.79.